The van der Waals surface area contributed by atoms with Gasteiger partial charge in [-0.2, -0.15) is 0 Å². The zero-order valence-corrected chi connectivity index (χ0v) is 21.1. The number of urea groups is 1. The molecule has 36 heavy (non-hydrogen) atoms. The summed E-state index contributed by atoms with van der Waals surface area (Å²) >= 11 is 0. The number of benzene rings is 2. The van der Waals surface area contributed by atoms with E-state index in [0.717, 1.165) is 53.0 Å². The van der Waals surface area contributed by atoms with E-state index in [1.807, 2.05) is 66.4 Å². The van der Waals surface area contributed by atoms with Crippen molar-refractivity contribution in [3.05, 3.63) is 65.9 Å². The van der Waals surface area contributed by atoms with E-state index in [4.69, 9.17) is 19.4 Å². The lowest BCUT2D eigenvalue weighted by molar-refractivity contribution is -0.00556. The molecule has 2 aliphatic rings. The second kappa shape index (κ2) is 10.5. The summed E-state index contributed by atoms with van der Waals surface area (Å²) in [5.41, 5.74) is 3.76. The maximum Gasteiger partial charge on any atom is 0.322 e. The fourth-order valence-corrected chi connectivity index (χ4v) is 4.90. The standard InChI is InChI=1S/C28H33N5O3/c1-4-35-23-12-10-22(11-13-23)29-28(34)32-15-14-25-24(18-32)27(33-16-19(2)36-20(3)17-33)31-26(30-25)21-8-6-5-7-9-21/h5-13,19-20H,4,14-18H2,1-3H3,(H,29,34). The maximum atomic E-state index is 13.2. The largest absolute Gasteiger partial charge is 0.494 e. The molecule has 2 aromatic carbocycles. The molecule has 8 nitrogen and oxygen atoms in total. The highest BCUT2D eigenvalue weighted by Gasteiger charge is 2.31. The first-order chi connectivity index (χ1) is 17.5. The van der Waals surface area contributed by atoms with Crippen molar-refractivity contribution < 1.29 is 14.3 Å². The molecule has 2 atom stereocenters. The van der Waals surface area contributed by atoms with Crippen LogP contribution in [-0.4, -0.2) is 59.3 Å². The smallest absolute Gasteiger partial charge is 0.322 e. The van der Waals surface area contributed by atoms with E-state index in [-0.39, 0.29) is 18.2 Å². The van der Waals surface area contributed by atoms with Crippen molar-refractivity contribution in [2.24, 2.45) is 0 Å². The summed E-state index contributed by atoms with van der Waals surface area (Å²) < 4.78 is 11.5. The van der Waals surface area contributed by atoms with Crippen molar-refractivity contribution in [3.8, 4) is 17.1 Å². The van der Waals surface area contributed by atoms with Gasteiger partial charge >= 0.3 is 6.03 Å². The van der Waals surface area contributed by atoms with Gasteiger partial charge in [0.05, 0.1) is 31.1 Å². The van der Waals surface area contributed by atoms with E-state index >= 15 is 0 Å². The van der Waals surface area contributed by atoms with Crippen molar-refractivity contribution in [1.29, 1.82) is 0 Å². The summed E-state index contributed by atoms with van der Waals surface area (Å²) in [4.78, 5) is 27.3. The van der Waals surface area contributed by atoms with E-state index in [1.54, 1.807) is 0 Å². The third-order valence-corrected chi connectivity index (χ3v) is 6.49. The van der Waals surface area contributed by atoms with Gasteiger partial charge in [0.1, 0.15) is 11.6 Å². The van der Waals surface area contributed by atoms with Gasteiger partial charge in [-0.1, -0.05) is 30.3 Å². The van der Waals surface area contributed by atoms with Crippen LogP contribution in [0.25, 0.3) is 11.4 Å². The lowest BCUT2D eigenvalue weighted by atomic mass is 10.0. The highest BCUT2D eigenvalue weighted by atomic mass is 16.5. The number of rotatable bonds is 5. The quantitative estimate of drug-likeness (QED) is 0.560. The number of nitrogens with one attached hydrogen (secondary N) is 1. The Labute approximate surface area is 212 Å². The number of hydrogen-bond acceptors (Lipinski definition) is 6. The normalized spacial score (nSPS) is 19.5. The number of carbonyl (C=O) groups is 1. The van der Waals surface area contributed by atoms with Crippen LogP contribution in [0, 0.1) is 0 Å². The molecule has 0 bridgehead atoms. The maximum absolute atomic E-state index is 13.2. The first-order valence-electron chi connectivity index (χ1n) is 12.6. The molecule has 1 saturated heterocycles. The number of carbonyl (C=O) groups excluding carboxylic acids is 1. The van der Waals surface area contributed by atoms with Gasteiger partial charge in [-0.05, 0) is 45.0 Å². The summed E-state index contributed by atoms with van der Waals surface area (Å²) in [5, 5.41) is 3.02. The predicted molar refractivity (Wildman–Crippen MR) is 140 cm³/mol. The Morgan fingerprint density at radius 1 is 1.06 bits per heavy atom. The van der Waals surface area contributed by atoms with Crippen molar-refractivity contribution >= 4 is 17.5 Å². The molecule has 0 spiro atoms. The van der Waals surface area contributed by atoms with Crippen LogP contribution in [0.4, 0.5) is 16.3 Å². The number of amides is 2. The number of morpholine rings is 1. The van der Waals surface area contributed by atoms with Gasteiger partial charge in [0, 0.05) is 42.9 Å². The molecular weight excluding hydrogens is 454 g/mol. The highest BCUT2D eigenvalue weighted by molar-refractivity contribution is 5.89. The lowest BCUT2D eigenvalue weighted by Gasteiger charge is -2.39. The van der Waals surface area contributed by atoms with Crippen LogP contribution < -0.4 is 15.0 Å². The molecule has 1 fully saturated rings. The van der Waals surface area contributed by atoms with Crippen molar-refractivity contribution in [3.63, 3.8) is 0 Å². The Morgan fingerprint density at radius 2 is 1.78 bits per heavy atom. The molecule has 3 aromatic rings. The van der Waals surface area contributed by atoms with Gasteiger partial charge < -0.3 is 24.6 Å². The predicted octanol–water partition coefficient (Wildman–Crippen LogP) is 4.75. The monoisotopic (exact) mass is 487 g/mol. The second-order valence-corrected chi connectivity index (χ2v) is 9.38. The van der Waals surface area contributed by atoms with Gasteiger partial charge in [-0.25, -0.2) is 14.8 Å². The van der Waals surface area contributed by atoms with E-state index in [0.29, 0.717) is 26.1 Å². The minimum atomic E-state index is -0.133. The molecule has 2 unspecified atom stereocenters. The van der Waals surface area contributed by atoms with Gasteiger partial charge in [0.2, 0.25) is 0 Å². The zero-order chi connectivity index (χ0) is 25.1. The lowest BCUT2D eigenvalue weighted by Crippen LogP contribution is -2.47. The van der Waals surface area contributed by atoms with Gasteiger partial charge in [-0.3, -0.25) is 0 Å². The molecule has 3 heterocycles. The molecule has 5 rings (SSSR count). The number of nitrogens with zero attached hydrogens (tertiary/aromatic N) is 4. The average molecular weight is 488 g/mol. The molecule has 8 heteroatoms. The fraction of sp³-hybridized carbons (Fsp3) is 0.393. The van der Waals surface area contributed by atoms with Gasteiger partial charge in [-0.15, -0.1) is 0 Å². The Bertz CT molecular complexity index is 1190. The van der Waals surface area contributed by atoms with Crippen molar-refractivity contribution in [1.82, 2.24) is 14.9 Å². The number of fused-ring (bicyclic) bond motifs is 1. The Balaban J connectivity index is 1.42. The first-order valence-corrected chi connectivity index (χ1v) is 12.6. The van der Waals surface area contributed by atoms with Crippen LogP contribution in [-0.2, 0) is 17.7 Å². The summed E-state index contributed by atoms with van der Waals surface area (Å²) in [5.74, 6) is 2.41. The highest BCUT2D eigenvalue weighted by Crippen LogP contribution is 2.31. The Hall–Kier alpha value is -3.65. The van der Waals surface area contributed by atoms with Crippen LogP contribution in [0.1, 0.15) is 32.0 Å². The van der Waals surface area contributed by atoms with E-state index in [1.165, 1.54) is 0 Å². The SMILES string of the molecule is CCOc1ccc(NC(=O)N2CCc3nc(-c4ccccc4)nc(N4CC(C)OC(C)C4)c3C2)cc1. The van der Waals surface area contributed by atoms with Crippen molar-refractivity contribution in [2.75, 3.05) is 36.5 Å². The summed E-state index contributed by atoms with van der Waals surface area (Å²) in [7, 11) is 0. The number of ether oxygens (including phenoxy) is 2. The van der Waals surface area contributed by atoms with Crippen LogP contribution in [0.5, 0.6) is 5.75 Å². The fourth-order valence-electron chi connectivity index (χ4n) is 4.90. The molecule has 0 saturated carbocycles. The minimum absolute atomic E-state index is 0.0993. The van der Waals surface area contributed by atoms with E-state index < -0.39 is 0 Å². The molecular formula is C28H33N5O3. The molecule has 2 aliphatic heterocycles. The minimum Gasteiger partial charge on any atom is -0.494 e. The van der Waals surface area contributed by atoms with Gasteiger partial charge in [0.15, 0.2) is 5.82 Å². The average Bonchev–Trinajstić information content (AvgIpc) is 2.89. The van der Waals surface area contributed by atoms with Crippen LogP contribution in [0.15, 0.2) is 54.6 Å². The first kappa shape index (κ1) is 24.1. The third kappa shape index (κ3) is 5.28. The summed E-state index contributed by atoms with van der Waals surface area (Å²) in [6.45, 7) is 9.29. The van der Waals surface area contributed by atoms with E-state index in [2.05, 4.69) is 24.1 Å². The molecule has 2 amide bonds. The van der Waals surface area contributed by atoms with Crippen LogP contribution in [0.3, 0.4) is 0 Å². The second-order valence-electron chi connectivity index (χ2n) is 9.38. The Morgan fingerprint density at radius 3 is 2.47 bits per heavy atom. The molecule has 0 aliphatic carbocycles. The summed E-state index contributed by atoms with van der Waals surface area (Å²) in [6, 6.07) is 17.4. The van der Waals surface area contributed by atoms with Crippen LogP contribution in [0.2, 0.25) is 0 Å². The third-order valence-electron chi connectivity index (χ3n) is 6.49. The number of aromatic nitrogens is 2. The molecule has 1 N–H and O–H groups in total. The van der Waals surface area contributed by atoms with E-state index in [9.17, 15) is 4.79 Å². The molecule has 188 valence electrons. The topological polar surface area (TPSA) is 79.8 Å². The number of hydrogen-bond donors (Lipinski definition) is 1. The van der Waals surface area contributed by atoms with Crippen molar-refractivity contribution in [2.45, 2.75) is 45.9 Å². The molecule has 1 aromatic heterocycles. The van der Waals surface area contributed by atoms with Crippen LogP contribution >= 0.6 is 0 Å². The summed E-state index contributed by atoms with van der Waals surface area (Å²) in [6.07, 6.45) is 0.876. The zero-order valence-electron chi connectivity index (χ0n) is 21.1. The Kier molecular flexibility index (Phi) is 7.04. The molecule has 0 radical (unpaired) electrons. The number of anilines is 2. The van der Waals surface area contributed by atoms with Gasteiger partial charge in [0.25, 0.3) is 0 Å².